The van der Waals surface area contributed by atoms with E-state index in [4.69, 9.17) is 20.8 Å². The number of allylic oxidation sites excluding steroid dienone is 1. The van der Waals surface area contributed by atoms with Crippen LogP contribution < -0.4 is 0 Å². The Morgan fingerprint density at radius 2 is 2.60 bits per heavy atom. The Morgan fingerprint density at radius 1 is 2.00 bits per heavy atom. The molecule has 0 aromatic carbocycles. The maximum atomic E-state index is 10.5. The van der Waals surface area contributed by atoms with Gasteiger partial charge in [0, 0.05) is 9.99 Å². The Hall–Kier alpha value is -0.500. The second-order valence-corrected chi connectivity index (χ2v) is 2.23. The average Bonchev–Trinajstić information content (AvgIpc) is 1.96. The third kappa shape index (κ3) is 3.51. The second kappa shape index (κ2) is 4.34. The fourth-order valence-electron chi connectivity index (χ4n) is 0.400. The third-order valence-electron chi connectivity index (χ3n) is 0.928. The molecule has 0 aromatic heterocycles. The number of aliphatic carboxylic acids is 1. The average molecular weight is 166 g/mol. The Labute approximate surface area is 69.7 Å². The van der Waals surface area contributed by atoms with Crippen LogP contribution in [-0.2, 0) is 4.79 Å². The molecule has 0 aliphatic carbocycles. The van der Waals surface area contributed by atoms with E-state index in [1.807, 2.05) is 0 Å². The van der Waals surface area contributed by atoms with Crippen LogP contribution in [0.15, 0.2) is 11.6 Å². The van der Waals surface area contributed by atoms with Gasteiger partial charge in [-0.3, -0.25) is 4.79 Å². The Balaban J connectivity index is 4.75. The van der Waals surface area contributed by atoms with E-state index >= 15 is 0 Å². The molecule has 0 radical (unpaired) electrons. The normalized spacial score (nSPS) is 20.6. The maximum absolute atomic E-state index is 10.5. The Bertz CT molecular complexity index is 222. The van der Waals surface area contributed by atoms with Crippen molar-refractivity contribution in [3.8, 4) is 0 Å². The van der Waals surface area contributed by atoms with Gasteiger partial charge < -0.3 is 5.11 Å². The zero-order chi connectivity index (χ0) is 10.6. The first kappa shape index (κ1) is 5.19. The van der Waals surface area contributed by atoms with E-state index in [9.17, 15) is 4.79 Å². The van der Waals surface area contributed by atoms with E-state index < -0.39 is 18.7 Å². The van der Waals surface area contributed by atoms with Crippen molar-refractivity contribution in [2.45, 2.75) is 13.8 Å². The molecule has 0 saturated carbocycles. The molecule has 3 heteroatoms. The SMILES string of the molecule is [2H]C([2H])([2H])[C@@H](/C=C(\C)CCl)C(=O)O. The summed E-state index contributed by atoms with van der Waals surface area (Å²) in [6.07, 6.45) is 1.17. The fraction of sp³-hybridized carbons (Fsp3) is 0.571. The van der Waals surface area contributed by atoms with E-state index in [1.165, 1.54) is 6.08 Å². The van der Waals surface area contributed by atoms with Crippen molar-refractivity contribution in [1.82, 2.24) is 0 Å². The summed E-state index contributed by atoms with van der Waals surface area (Å²) in [6, 6.07) is 0. The number of alkyl halides is 1. The number of carboxylic acid groups (broad SMARTS) is 1. The number of halogens is 1. The minimum absolute atomic E-state index is 0.139. The number of carboxylic acids is 1. The molecule has 0 bridgehead atoms. The monoisotopic (exact) mass is 165 g/mol. The molecule has 0 aromatic rings. The molecule has 0 saturated heterocycles. The number of rotatable bonds is 3. The number of hydrogen-bond acceptors (Lipinski definition) is 1. The van der Waals surface area contributed by atoms with Crippen molar-refractivity contribution >= 4 is 17.6 Å². The van der Waals surface area contributed by atoms with Crippen LogP contribution in [0.25, 0.3) is 0 Å². The maximum Gasteiger partial charge on any atom is 0.310 e. The summed E-state index contributed by atoms with van der Waals surface area (Å²) in [7, 11) is 0. The van der Waals surface area contributed by atoms with Crippen LogP contribution in [-0.4, -0.2) is 17.0 Å². The van der Waals surface area contributed by atoms with Crippen LogP contribution >= 0.6 is 11.6 Å². The molecule has 10 heavy (non-hydrogen) atoms. The highest BCUT2D eigenvalue weighted by molar-refractivity contribution is 6.19. The van der Waals surface area contributed by atoms with Crippen LogP contribution in [0.5, 0.6) is 0 Å². The summed E-state index contributed by atoms with van der Waals surface area (Å²) in [5.74, 6) is -2.68. The molecular weight excluding hydrogens is 152 g/mol. The van der Waals surface area contributed by atoms with Crippen LogP contribution in [0, 0.1) is 5.92 Å². The van der Waals surface area contributed by atoms with Gasteiger partial charge in [0.25, 0.3) is 0 Å². The predicted molar refractivity (Wildman–Crippen MR) is 41.3 cm³/mol. The highest BCUT2D eigenvalue weighted by Gasteiger charge is 2.06. The molecule has 0 heterocycles. The second-order valence-electron chi connectivity index (χ2n) is 1.96. The first-order valence-corrected chi connectivity index (χ1v) is 3.28. The Morgan fingerprint density at radius 3 is 2.90 bits per heavy atom. The quantitative estimate of drug-likeness (QED) is 0.512. The molecule has 0 aliphatic heterocycles. The van der Waals surface area contributed by atoms with Crippen molar-refractivity contribution in [2.75, 3.05) is 5.88 Å². The van der Waals surface area contributed by atoms with Crippen molar-refractivity contribution in [1.29, 1.82) is 0 Å². The first-order valence-electron chi connectivity index (χ1n) is 4.25. The predicted octanol–water partition coefficient (Wildman–Crippen LogP) is 1.89. The van der Waals surface area contributed by atoms with Crippen molar-refractivity contribution in [2.24, 2.45) is 5.92 Å². The summed E-state index contributed by atoms with van der Waals surface area (Å²) in [6.45, 7) is -0.923. The summed E-state index contributed by atoms with van der Waals surface area (Å²) >= 11 is 5.41. The van der Waals surface area contributed by atoms with Crippen LogP contribution in [0.2, 0.25) is 0 Å². The number of hydrogen-bond donors (Lipinski definition) is 1. The van der Waals surface area contributed by atoms with Gasteiger partial charge in [-0.05, 0) is 13.8 Å². The summed E-state index contributed by atoms with van der Waals surface area (Å²) in [5, 5.41) is 8.61. The highest BCUT2D eigenvalue weighted by Crippen LogP contribution is 2.03. The molecule has 1 N–H and O–H groups in total. The molecule has 2 nitrogen and oxygen atoms in total. The molecule has 0 aliphatic rings. The smallest absolute Gasteiger partial charge is 0.310 e. The van der Waals surface area contributed by atoms with Gasteiger partial charge in [-0.15, -0.1) is 11.6 Å². The molecule has 1 atom stereocenters. The lowest BCUT2D eigenvalue weighted by Crippen LogP contribution is -2.06. The lowest BCUT2D eigenvalue weighted by molar-refractivity contribution is -0.139. The molecular formula is C7H11ClO2. The lowest BCUT2D eigenvalue weighted by atomic mass is 10.1. The van der Waals surface area contributed by atoms with Gasteiger partial charge in [-0.1, -0.05) is 11.6 Å². The van der Waals surface area contributed by atoms with Gasteiger partial charge in [0.05, 0.1) is 5.92 Å². The molecule has 0 fully saturated rings. The van der Waals surface area contributed by atoms with Gasteiger partial charge in [0.2, 0.25) is 0 Å². The lowest BCUT2D eigenvalue weighted by Gasteiger charge is -1.99. The minimum atomic E-state index is -2.51. The molecule has 0 spiro atoms. The minimum Gasteiger partial charge on any atom is -0.481 e. The number of carbonyl (C=O) groups is 1. The molecule has 0 amide bonds. The van der Waals surface area contributed by atoms with Gasteiger partial charge in [0.15, 0.2) is 0 Å². The van der Waals surface area contributed by atoms with Gasteiger partial charge in [0.1, 0.15) is 0 Å². The van der Waals surface area contributed by atoms with E-state index in [0.29, 0.717) is 5.57 Å². The zero-order valence-corrected chi connectivity index (χ0v) is 6.35. The summed E-state index contributed by atoms with van der Waals surface area (Å²) in [4.78, 5) is 10.5. The Kier molecular flexibility index (Phi) is 2.25. The largest absolute Gasteiger partial charge is 0.481 e. The first-order chi connectivity index (χ1) is 5.79. The van der Waals surface area contributed by atoms with E-state index in [2.05, 4.69) is 0 Å². The van der Waals surface area contributed by atoms with Crippen LogP contribution in [0.4, 0.5) is 0 Å². The van der Waals surface area contributed by atoms with Gasteiger partial charge in [-0.25, -0.2) is 0 Å². The fourth-order valence-corrected chi connectivity index (χ4v) is 0.489. The summed E-state index contributed by atoms with van der Waals surface area (Å²) in [5.41, 5.74) is 0.546. The standard InChI is InChI=1S/C7H11ClO2/c1-5(4-8)3-6(2)7(9)10/h3,6H,4H2,1-2H3,(H,9,10)/b5-3+/t6-/m0/s1/i2D3. The van der Waals surface area contributed by atoms with Crippen molar-refractivity contribution < 1.29 is 14.0 Å². The topological polar surface area (TPSA) is 37.3 Å². The van der Waals surface area contributed by atoms with E-state index in [1.54, 1.807) is 6.92 Å². The van der Waals surface area contributed by atoms with Crippen LogP contribution in [0.3, 0.4) is 0 Å². The molecule has 58 valence electrons. The summed E-state index contributed by atoms with van der Waals surface area (Å²) < 4.78 is 20.9. The van der Waals surface area contributed by atoms with Gasteiger partial charge >= 0.3 is 5.97 Å². The van der Waals surface area contributed by atoms with E-state index in [0.717, 1.165) is 0 Å². The highest BCUT2D eigenvalue weighted by atomic mass is 35.5. The zero-order valence-electron chi connectivity index (χ0n) is 8.60. The van der Waals surface area contributed by atoms with Crippen molar-refractivity contribution in [3.63, 3.8) is 0 Å². The third-order valence-corrected chi connectivity index (χ3v) is 1.35. The van der Waals surface area contributed by atoms with Gasteiger partial charge in [-0.2, -0.15) is 0 Å². The van der Waals surface area contributed by atoms with Crippen molar-refractivity contribution in [3.05, 3.63) is 11.6 Å². The molecule has 0 unspecified atom stereocenters. The van der Waals surface area contributed by atoms with E-state index in [-0.39, 0.29) is 5.88 Å². The molecule has 0 rings (SSSR count). The van der Waals surface area contributed by atoms with Crippen LogP contribution in [0.1, 0.15) is 17.9 Å².